The average Bonchev–Trinajstić information content (AvgIpc) is 3.26. The summed E-state index contributed by atoms with van der Waals surface area (Å²) in [5, 5.41) is 4.15. The molecular weight excluding hydrogens is 417 g/mol. The van der Waals surface area contributed by atoms with Gasteiger partial charge in [-0.2, -0.15) is 0 Å². The third-order valence-corrected chi connectivity index (χ3v) is 5.11. The molecule has 2 heterocycles. The number of benzene rings is 2. The molecule has 0 fully saturated rings. The van der Waals surface area contributed by atoms with Gasteiger partial charge < -0.3 is 15.2 Å². The number of carbonyl (C=O) groups excluding carboxylic acids is 1. The summed E-state index contributed by atoms with van der Waals surface area (Å²) >= 11 is 6.12. The van der Waals surface area contributed by atoms with Crippen molar-refractivity contribution in [3.05, 3.63) is 76.8 Å². The van der Waals surface area contributed by atoms with Crippen LogP contribution in [0.15, 0.2) is 54.7 Å². The Bertz CT molecular complexity index is 1240. The van der Waals surface area contributed by atoms with Crippen LogP contribution in [0.5, 0.6) is 0 Å². The maximum Gasteiger partial charge on any atom is 0.251 e. The number of rotatable bonds is 6. The summed E-state index contributed by atoms with van der Waals surface area (Å²) in [5.74, 6) is -0.0159. The SMILES string of the molecule is CN(C)c1nc(-c2ccc(C(=O)NCCc3ccc[nH]3)cc2F)nc2ccc(Cl)cc12. The van der Waals surface area contributed by atoms with Crippen molar-refractivity contribution in [1.82, 2.24) is 20.3 Å². The molecule has 31 heavy (non-hydrogen) atoms. The van der Waals surface area contributed by atoms with Gasteiger partial charge in [0, 0.05) is 54.9 Å². The molecular formula is C23H21ClFN5O. The van der Waals surface area contributed by atoms with Crippen molar-refractivity contribution in [2.24, 2.45) is 0 Å². The molecule has 158 valence electrons. The minimum Gasteiger partial charge on any atom is -0.365 e. The van der Waals surface area contributed by atoms with E-state index in [4.69, 9.17) is 11.6 Å². The Morgan fingerprint density at radius 3 is 2.71 bits per heavy atom. The Morgan fingerprint density at radius 2 is 2.00 bits per heavy atom. The van der Waals surface area contributed by atoms with Crippen LogP contribution in [0, 0.1) is 5.82 Å². The summed E-state index contributed by atoms with van der Waals surface area (Å²) < 4.78 is 14.9. The van der Waals surface area contributed by atoms with Crippen LogP contribution in [0.4, 0.5) is 10.2 Å². The molecule has 2 aromatic heterocycles. The number of amides is 1. The fraction of sp³-hybridized carbons (Fsp3) is 0.174. The van der Waals surface area contributed by atoms with E-state index in [9.17, 15) is 9.18 Å². The summed E-state index contributed by atoms with van der Waals surface area (Å²) in [7, 11) is 3.70. The van der Waals surface area contributed by atoms with E-state index in [0.29, 0.717) is 29.3 Å². The zero-order chi connectivity index (χ0) is 22.0. The number of nitrogens with one attached hydrogen (secondary N) is 2. The second-order valence-electron chi connectivity index (χ2n) is 7.32. The molecule has 0 bridgehead atoms. The lowest BCUT2D eigenvalue weighted by molar-refractivity contribution is 0.0953. The smallest absolute Gasteiger partial charge is 0.251 e. The predicted molar refractivity (Wildman–Crippen MR) is 121 cm³/mol. The molecule has 4 rings (SSSR count). The van der Waals surface area contributed by atoms with Crippen LogP contribution in [0.1, 0.15) is 16.1 Å². The van der Waals surface area contributed by atoms with E-state index in [2.05, 4.69) is 20.3 Å². The van der Waals surface area contributed by atoms with E-state index in [0.717, 1.165) is 11.1 Å². The molecule has 4 aromatic rings. The third-order valence-electron chi connectivity index (χ3n) is 4.88. The van der Waals surface area contributed by atoms with Gasteiger partial charge in [-0.1, -0.05) is 11.6 Å². The van der Waals surface area contributed by atoms with Crippen molar-refractivity contribution in [3.63, 3.8) is 0 Å². The van der Waals surface area contributed by atoms with Crippen LogP contribution in [0.25, 0.3) is 22.3 Å². The van der Waals surface area contributed by atoms with Crippen molar-refractivity contribution in [3.8, 4) is 11.4 Å². The van der Waals surface area contributed by atoms with Crippen LogP contribution in [-0.2, 0) is 6.42 Å². The van der Waals surface area contributed by atoms with E-state index >= 15 is 0 Å². The molecule has 2 N–H and O–H groups in total. The number of aromatic amines is 1. The Kier molecular flexibility index (Phi) is 5.86. The number of aromatic nitrogens is 3. The zero-order valence-corrected chi connectivity index (χ0v) is 17.9. The molecule has 6 nitrogen and oxygen atoms in total. The summed E-state index contributed by atoms with van der Waals surface area (Å²) in [6.07, 6.45) is 2.50. The molecule has 0 saturated carbocycles. The first-order valence-corrected chi connectivity index (χ1v) is 10.1. The molecule has 1 amide bonds. The fourth-order valence-electron chi connectivity index (χ4n) is 3.32. The topological polar surface area (TPSA) is 73.9 Å². The second kappa shape index (κ2) is 8.73. The highest BCUT2D eigenvalue weighted by Crippen LogP contribution is 2.30. The van der Waals surface area contributed by atoms with E-state index < -0.39 is 5.82 Å². The Balaban J connectivity index is 1.59. The molecule has 0 aliphatic rings. The summed E-state index contributed by atoms with van der Waals surface area (Å²) in [5.41, 5.74) is 2.15. The van der Waals surface area contributed by atoms with Crippen molar-refractivity contribution < 1.29 is 9.18 Å². The first-order chi connectivity index (χ1) is 14.9. The lowest BCUT2D eigenvalue weighted by atomic mass is 10.1. The average molecular weight is 438 g/mol. The monoisotopic (exact) mass is 437 g/mol. The summed E-state index contributed by atoms with van der Waals surface area (Å²) in [6, 6.07) is 13.5. The first kappa shape index (κ1) is 20.8. The lowest BCUT2D eigenvalue weighted by Gasteiger charge is -2.16. The third kappa shape index (κ3) is 4.51. The van der Waals surface area contributed by atoms with Gasteiger partial charge in [-0.25, -0.2) is 14.4 Å². The number of fused-ring (bicyclic) bond motifs is 1. The highest BCUT2D eigenvalue weighted by atomic mass is 35.5. The van der Waals surface area contributed by atoms with Gasteiger partial charge in [0.05, 0.1) is 11.1 Å². The van der Waals surface area contributed by atoms with Crippen molar-refractivity contribution in [2.75, 3.05) is 25.5 Å². The standard InChI is InChI=1S/C23H21ClFN5O/c1-30(2)22-18-13-15(24)6-8-20(18)28-21(29-22)17-7-5-14(12-19(17)25)23(31)27-11-9-16-4-3-10-26-16/h3-8,10,12-13,26H,9,11H2,1-2H3,(H,27,31). The number of hydrogen-bond acceptors (Lipinski definition) is 4. The molecule has 2 aromatic carbocycles. The van der Waals surface area contributed by atoms with Crippen molar-refractivity contribution in [1.29, 1.82) is 0 Å². The number of nitrogens with zero attached hydrogens (tertiary/aromatic N) is 3. The van der Waals surface area contributed by atoms with Gasteiger partial charge in [-0.15, -0.1) is 0 Å². The minimum absolute atomic E-state index is 0.225. The van der Waals surface area contributed by atoms with Gasteiger partial charge in [0.2, 0.25) is 0 Å². The maximum absolute atomic E-state index is 14.9. The molecule has 0 aliphatic heterocycles. The zero-order valence-electron chi connectivity index (χ0n) is 17.1. The molecule has 0 unspecified atom stereocenters. The van der Waals surface area contributed by atoms with Gasteiger partial charge in [0.15, 0.2) is 5.82 Å². The van der Waals surface area contributed by atoms with Crippen LogP contribution < -0.4 is 10.2 Å². The molecule has 0 atom stereocenters. The quantitative estimate of drug-likeness (QED) is 0.467. The Hall–Kier alpha value is -3.45. The Morgan fingerprint density at radius 1 is 1.16 bits per heavy atom. The van der Waals surface area contributed by atoms with E-state index in [1.54, 1.807) is 24.3 Å². The molecule has 0 aliphatic carbocycles. The van der Waals surface area contributed by atoms with E-state index in [1.807, 2.05) is 37.3 Å². The largest absolute Gasteiger partial charge is 0.365 e. The van der Waals surface area contributed by atoms with Gasteiger partial charge in [0.1, 0.15) is 11.6 Å². The molecule has 0 spiro atoms. The van der Waals surface area contributed by atoms with Crippen LogP contribution in [0.2, 0.25) is 5.02 Å². The van der Waals surface area contributed by atoms with Gasteiger partial charge >= 0.3 is 0 Å². The normalized spacial score (nSPS) is 11.0. The van der Waals surface area contributed by atoms with Gasteiger partial charge in [-0.05, 0) is 48.5 Å². The fourth-order valence-corrected chi connectivity index (χ4v) is 3.49. The first-order valence-electron chi connectivity index (χ1n) is 9.77. The predicted octanol–water partition coefficient (Wildman–Crippen LogP) is 4.46. The van der Waals surface area contributed by atoms with Crippen LogP contribution in [-0.4, -0.2) is 41.5 Å². The molecule has 0 saturated heterocycles. The van der Waals surface area contributed by atoms with Crippen molar-refractivity contribution >= 4 is 34.2 Å². The number of halogens is 2. The number of hydrogen-bond donors (Lipinski definition) is 2. The maximum atomic E-state index is 14.9. The number of carbonyl (C=O) groups is 1. The van der Waals surface area contributed by atoms with Gasteiger partial charge in [0.25, 0.3) is 5.91 Å². The van der Waals surface area contributed by atoms with E-state index in [1.165, 1.54) is 12.1 Å². The number of anilines is 1. The van der Waals surface area contributed by atoms with Crippen molar-refractivity contribution in [2.45, 2.75) is 6.42 Å². The number of H-pyrrole nitrogens is 1. The molecule has 0 radical (unpaired) electrons. The highest BCUT2D eigenvalue weighted by molar-refractivity contribution is 6.31. The Labute approximate surface area is 184 Å². The highest BCUT2D eigenvalue weighted by Gasteiger charge is 2.16. The second-order valence-corrected chi connectivity index (χ2v) is 7.76. The van der Waals surface area contributed by atoms with Crippen LogP contribution >= 0.6 is 11.6 Å². The minimum atomic E-state index is -0.560. The van der Waals surface area contributed by atoms with E-state index in [-0.39, 0.29) is 22.9 Å². The molecule has 8 heteroatoms. The lowest BCUT2D eigenvalue weighted by Crippen LogP contribution is -2.25. The van der Waals surface area contributed by atoms with Gasteiger partial charge in [-0.3, -0.25) is 4.79 Å². The van der Waals surface area contributed by atoms with Crippen LogP contribution in [0.3, 0.4) is 0 Å². The summed E-state index contributed by atoms with van der Waals surface area (Å²) in [4.78, 5) is 26.3. The summed E-state index contributed by atoms with van der Waals surface area (Å²) in [6.45, 7) is 0.450.